The topological polar surface area (TPSA) is 84.2 Å². The molecule has 1 aliphatic carbocycles. The predicted molar refractivity (Wildman–Crippen MR) is 89.5 cm³/mol. The van der Waals surface area contributed by atoms with Gasteiger partial charge in [0.2, 0.25) is 5.91 Å². The van der Waals surface area contributed by atoms with Gasteiger partial charge < -0.3 is 10.4 Å². The molecule has 2 N–H and O–H groups in total. The molecule has 1 fully saturated rings. The fraction of sp³-hybridized carbons (Fsp3) is 0.389. The minimum absolute atomic E-state index is 0.221. The molecule has 1 aromatic heterocycles. The molecule has 1 saturated carbocycles. The average molecular weight is 327 g/mol. The molecule has 6 heteroatoms. The molecule has 0 saturated heterocycles. The number of nitrogens with one attached hydrogen (secondary N) is 1. The zero-order valence-electron chi connectivity index (χ0n) is 13.4. The van der Waals surface area contributed by atoms with Gasteiger partial charge in [-0.15, -0.1) is 0 Å². The Labute approximate surface area is 140 Å². The maximum absolute atomic E-state index is 12.4. The smallest absolute Gasteiger partial charge is 0.307 e. The molecular formula is C18H21N3O3. The zero-order chi connectivity index (χ0) is 16.9. The Hall–Kier alpha value is -2.63. The third-order valence-corrected chi connectivity index (χ3v) is 4.51. The quantitative estimate of drug-likeness (QED) is 0.884. The van der Waals surface area contributed by atoms with Crippen LogP contribution in [0, 0.1) is 11.8 Å². The van der Waals surface area contributed by atoms with Crippen LogP contribution in [-0.2, 0) is 16.1 Å². The van der Waals surface area contributed by atoms with Gasteiger partial charge in [-0.2, -0.15) is 5.10 Å². The summed E-state index contributed by atoms with van der Waals surface area (Å²) in [4.78, 5) is 23.8. The van der Waals surface area contributed by atoms with E-state index in [1.54, 1.807) is 17.1 Å². The lowest BCUT2D eigenvalue weighted by molar-refractivity contribution is -0.147. The molecule has 3 rings (SSSR count). The number of benzene rings is 1. The van der Waals surface area contributed by atoms with Crippen LogP contribution >= 0.6 is 0 Å². The number of carboxylic acid groups (broad SMARTS) is 1. The number of hydrogen-bond donors (Lipinski definition) is 2. The van der Waals surface area contributed by atoms with Gasteiger partial charge in [0.05, 0.1) is 30.3 Å². The molecule has 1 amide bonds. The number of rotatable bonds is 5. The van der Waals surface area contributed by atoms with Crippen LogP contribution in [0.2, 0.25) is 0 Å². The minimum Gasteiger partial charge on any atom is -0.481 e. The summed E-state index contributed by atoms with van der Waals surface area (Å²) in [6, 6.07) is 9.92. The molecule has 0 aliphatic heterocycles. The summed E-state index contributed by atoms with van der Waals surface area (Å²) in [6.07, 6.45) is 6.33. The number of nitrogens with zero attached hydrogens (tertiary/aromatic N) is 2. The van der Waals surface area contributed by atoms with E-state index in [4.69, 9.17) is 0 Å². The summed E-state index contributed by atoms with van der Waals surface area (Å²) >= 11 is 0. The van der Waals surface area contributed by atoms with Crippen LogP contribution in [0.1, 0.15) is 31.2 Å². The zero-order valence-corrected chi connectivity index (χ0v) is 13.4. The first-order valence-corrected chi connectivity index (χ1v) is 8.23. The van der Waals surface area contributed by atoms with Crippen LogP contribution in [0.25, 0.3) is 0 Å². The van der Waals surface area contributed by atoms with E-state index in [-0.39, 0.29) is 5.91 Å². The highest BCUT2D eigenvalue weighted by Gasteiger charge is 2.35. The Bertz CT molecular complexity index is 711. The Morgan fingerprint density at radius 2 is 1.88 bits per heavy atom. The van der Waals surface area contributed by atoms with Gasteiger partial charge in [0.1, 0.15) is 0 Å². The van der Waals surface area contributed by atoms with Crippen molar-refractivity contribution >= 4 is 17.6 Å². The Morgan fingerprint density at radius 3 is 2.58 bits per heavy atom. The normalized spacial score (nSPS) is 20.5. The Kier molecular flexibility index (Phi) is 4.93. The van der Waals surface area contributed by atoms with E-state index in [1.807, 2.05) is 30.3 Å². The maximum atomic E-state index is 12.4. The van der Waals surface area contributed by atoms with E-state index in [2.05, 4.69) is 10.4 Å². The molecule has 24 heavy (non-hydrogen) atoms. The Balaban J connectivity index is 1.63. The second-order valence-electron chi connectivity index (χ2n) is 6.24. The lowest BCUT2D eigenvalue weighted by atomic mass is 9.78. The highest BCUT2D eigenvalue weighted by Crippen LogP contribution is 2.31. The molecule has 1 aliphatic rings. The number of carbonyl (C=O) groups is 2. The van der Waals surface area contributed by atoms with Crippen molar-refractivity contribution in [3.8, 4) is 0 Å². The molecule has 126 valence electrons. The van der Waals surface area contributed by atoms with E-state index < -0.39 is 17.8 Å². The molecule has 0 unspecified atom stereocenters. The van der Waals surface area contributed by atoms with Gasteiger partial charge in [-0.25, -0.2) is 0 Å². The van der Waals surface area contributed by atoms with Gasteiger partial charge in [0, 0.05) is 6.20 Å². The van der Waals surface area contributed by atoms with Gasteiger partial charge in [-0.05, 0) is 18.4 Å². The van der Waals surface area contributed by atoms with E-state index in [1.165, 1.54) is 0 Å². The van der Waals surface area contributed by atoms with Crippen LogP contribution in [0.4, 0.5) is 5.69 Å². The number of aromatic nitrogens is 2. The first kappa shape index (κ1) is 16.2. The van der Waals surface area contributed by atoms with Crippen molar-refractivity contribution in [3.63, 3.8) is 0 Å². The molecule has 0 radical (unpaired) electrons. The van der Waals surface area contributed by atoms with Crippen molar-refractivity contribution in [2.45, 2.75) is 32.2 Å². The van der Waals surface area contributed by atoms with Crippen LogP contribution in [-0.4, -0.2) is 26.8 Å². The van der Waals surface area contributed by atoms with Crippen LogP contribution in [0.3, 0.4) is 0 Å². The minimum atomic E-state index is -0.880. The number of hydrogen-bond acceptors (Lipinski definition) is 3. The molecule has 0 bridgehead atoms. The van der Waals surface area contributed by atoms with Crippen molar-refractivity contribution < 1.29 is 14.7 Å². The van der Waals surface area contributed by atoms with Crippen LogP contribution in [0.5, 0.6) is 0 Å². The van der Waals surface area contributed by atoms with E-state index >= 15 is 0 Å². The Morgan fingerprint density at radius 1 is 1.17 bits per heavy atom. The molecule has 2 aromatic rings. The van der Waals surface area contributed by atoms with Gasteiger partial charge in [0.25, 0.3) is 0 Å². The molecule has 6 nitrogen and oxygen atoms in total. The summed E-state index contributed by atoms with van der Waals surface area (Å²) in [6.45, 7) is 0.623. The third kappa shape index (κ3) is 3.82. The monoisotopic (exact) mass is 327 g/mol. The van der Waals surface area contributed by atoms with E-state index in [9.17, 15) is 14.7 Å². The molecular weight excluding hydrogens is 306 g/mol. The summed E-state index contributed by atoms with van der Waals surface area (Å²) < 4.78 is 1.75. The maximum Gasteiger partial charge on any atom is 0.307 e. The fourth-order valence-electron chi connectivity index (χ4n) is 3.26. The van der Waals surface area contributed by atoms with Crippen LogP contribution < -0.4 is 5.32 Å². The van der Waals surface area contributed by atoms with Gasteiger partial charge in [0.15, 0.2) is 0 Å². The van der Waals surface area contributed by atoms with Crippen molar-refractivity contribution in [2.24, 2.45) is 11.8 Å². The summed E-state index contributed by atoms with van der Waals surface area (Å²) in [7, 11) is 0. The number of amides is 1. The summed E-state index contributed by atoms with van der Waals surface area (Å²) in [5, 5.41) is 16.4. The summed E-state index contributed by atoms with van der Waals surface area (Å²) in [5.74, 6) is -2.15. The first-order chi connectivity index (χ1) is 11.6. The number of aliphatic carboxylic acids is 1. The van der Waals surface area contributed by atoms with Gasteiger partial charge >= 0.3 is 5.97 Å². The van der Waals surface area contributed by atoms with Crippen molar-refractivity contribution in [1.82, 2.24) is 9.78 Å². The lowest BCUT2D eigenvalue weighted by Crippen LogP contribution is -2.35. The van der Waals surface area contributed by atoms with Gasteiger partial charge in [-0.3, -0.25) is 14.3 Å². The van der Waals surface area contributed by atoms with Gasteiger partial charge in [-0.1, -0.05) is 43.2 Å². The van der Waals surface area contributed by atoms with Crippen LogP contribution in [0.15, 0.2) is 42.7 Å². The molecule has 1 aromatic carbocycles. The lowest BCUT2D eigenvalue weighted by Gasteiger charge is -2.27. The molecule has 1 heterocycles. The third-order valence-electron chi connectivity index (χ3n) is 4.51. The largest absolute Gasteiger partial charge is 0.481 e. The predicted octanol–water partition coefficient (Wildman–Crippen LogP) is 2.76. The van der Waals surface area contributed by atoms with Crippen molar-refractivity contribution in [3.05, 3.63) is 48.3 Å². The number of carboxylic acids is 1. The average Bonchev–Trinajstić information content (AvgIpc) is 3.02. The van der Waals surface area contributed by atoms with Crippen molar-refractivity contribution in [1.29, 1.82) is 0 Å². The SMILES string of the molecule is O=C(O)[C@@H]1CCCC[C@H]1C(=O)Nc1cnn(Cc2ccccc2)c1. The molecule has 0 spiro atoms. The second-order valence-corrected chi connectivity index (χ2v) is 6.24. The highest BCUT2D eigenvalue weighted by molar-refractivity contribution is 5.95. The van der Waals surface area contributed by atoms with E-state index in [0.29, 0.717) is 25.1 Å². The number of carbonyl (C=O) groups excluding carboxylic acids is 1. The standard InChI is InChI=1S/C18H21N3O3/c22-17(15-8-4-5-9-16(15)18(23)24)20-14-10-19-21(12-14)11-13-6-2-1-3-7-13/h1-3,6-7,10,12,15-16H,4-5,8-9,11H2,(H,20,22)(H,23,24)/t15-,16-/m1/s1. The fourth-order valence-corrected chi connectivity index (χ4v) is 3.26. The second kappa shape index (κ2) is 7.29. The summed E-state index contributed by atoms with van der Waals surface area (Å²) in [5.41, 5.74) is 1.72. The van der Waals surface area contributed by atoms with Crippen molar-refractivity contribution in [2.75, 3.05) is 5.32 Å². The molecule has 2 atom stereocenters. The van der Waals surface area contributed by atoms with E-state index in [0.717, 1.165) is 18.4 Å². The first-order valence-electron chi connectivity index (χ1n) is 8.23. The highest BCUT2D eigenvalue weighted by atomic mass is 16.4. The number of anilines is 1.